The van der Waals surface area contributed by atoms with E-state index < -0.39 is 22.9 Å². The highest BCUT2D eigenvalue weighted by molar-refractivity contribution is 7.18. The molecule has 0 saturated heterocycles. The second-order valence-electron chi connectivity index (χ2n) is 6.47. The summed E-state index contributed by atoms with van der Waals surface area (Å²) in [5.41, 5.74) is 0.951. The molecular weight excluding hydrogens is 430 g/mol. The number of non-ortho nitro benzene ring substituents is 1. The number of carbonyl (C=O) groups excluding carboxylic acids is 2. The molecule has 2 aromatic carbocycles. The van der Waals surface area contributed by atoms with E-state index >= 15 is 0 Å². The van der Waals surface area contributed by atoms with Gasteiger partial charge in [0.2, 0.25) is 0 Å². The van der Waals surface area contributed by atoms with Crippen molar-refractivity contribution in [3.05, 3.63) is 62.6 Å². The number of fused-ring (bicyclic) bond motifs is 1. The molecule has 8 nitrogen and oxygen atoms in total. The van der Waals surface area contributed by atoms with Crippen molar-refractivity contribution >= 4 is 56.4 Å². The molecule has 1 N–H and O–H groups in total. The number of nitro benzene ring substituents is 1. The second-order valence-corrected chi connectivity index (χ2v) is 7.99. The quantitative estimate of drug-likeness (QED) is 0.303. The molecule has 3 aromatic rings. The topological polar surface area (TPSA) is 111 Å². The van der Waals surface area contributed by atoms with E-state index in [1.165, 1.54) is 19.1 Å². The number of esters is 1. The van der Waals surface area contributed by atoms with Crippen molar-refractivity contribution in [3.8, 4) is 0 Å². The lowest BCUT2D eigenvalue weighted by Crippen LogP contribution is -2.30. The van der Waals surface area contributed by atoms with Gasteiger partial charge in [0.15, 0.2) is 6.10 Å². The molecule has 0 bridgehead atoms. The predicted molar refractivity (Wildman–Crippen MR) is 115 cm³/mol. The molecule has 156 valence electrons. The number of halogens is 1. The van der Waals surface area contributed by atoms with Crippen LogP contribution in [0.2, 0.25) is 5.02 Å². The fourth-order valence-electron chi connectivity index (χ4n) is 2.67. The summed E-state index contributed by atoms with van der Waals surface area (Å²) in [6.45, 7) is 1.44. The minimum absolute atomic E-state index is 0.0203. The highest BCUT2D eigenvalue weighted by Crippen LogP contribution is 2.27. The van der Waals surface area contributed by atoms with Crippen LogP contribution in [-0.4, -0.2) is 27.9 Å². The number of ether oxygens (including phenoxy) is 1. The lowest BCUT2D eigenvalue weighted by atomic mass is 10.2. The Bertz CT molecular complexity index is 1070. The van der Waals surface area contributed by atoms with Crippen LogP contribution >= 0.6 is 22.9 Å². The number of nitro groups is 1. The number of aryl methyl sites for hydroxylation is 1. The zero-order valence-electron chi connectivity index (χ0n) is 16.0. The minimum atomic E-state index is -1.04. The van der Waals surface area contributed by atoms with Crippen molar-refractivity contribution in [2.75, 3.05) is 5.32 Å². The summed E-state index contributed by atoms with van der Waals surface area (Å²) >= 11 is 7.54. The average molecular weight is 448 g/mol. The molecule has 0 fully saturated rings. The van der Waals surface area contributed by atoms with Gasteiger partial charge in [0.1, 0.15) is 0 Å². The van der Waals surface area contributed by atoms with Gasteiger partial charge in [0, 0.05) is 18.6 Å². The Morgan fingerprint density at radius 2 is 2.07 bits per heavy atom. The SMILES string of the molecule is CC(OC(=O)CCCc1nc2ccccc2s1)C(=O)Nc1ccc([N+](=O)[O-])cc1Cl. The standard InChI is InChI=1S/C20H18ClN3O5S/c1-12(20(26)23-15-10-9-13(24(27)28)11-14(15)21)29-19(25)8-4-7-18-22-16-5-2-3-6-17(16)30-18/h2-3,5-6,9-12H,4,7-8H2,1H3,(H,23,26). The number of anilines is 1. The van der Waals surface area contributed by atoms with Gasteiger partial charge in [0.25, 0.3) is 11.6 Å². The van der Waals surface area contributed by atoms with E-state index in [0.717, 1.165) is 21.3 Å². The molecule has 0 spiro atoms. The summed E-state index contributed by atoms with van der Waals surface area (Å²) in [5, 5.41) is 14.2. The summed E-state index contributed by atoms with van der Waals surface area (Å²) in [6.07, 6.45) is 0.326. The first-order valence-corrected chi connectivity index (χ1v) is 10.3. The van der Waals surface area contributed by atoms with Crippen LogP contribution < -0.4 is 5.32 Å². The van der Waals surface area contributed by atoms with Crippen LogP contribution in [0.3, 0.4) is 0 Å². The van der Waals surface area contributed by atoms with Gasteiger partial charge in [-0.05, 0) is 38.0 Å². The van der Waals surface area contributed by atoms with E-state index in [1.54, 1.807) is 11.3 Å². The number of rotatable bonds is 8. The Hall–Kier alpha value is -3.04. The van der Waals surface area contributed by atoms with Gasteiger partial charge in [-0.3, -0.25) is 19.7 Å². The van der Waals surface area contributed by atoms with Crippen LogP contribution in [0.5, 0.6) is 0 Å². The minimum Gasteiger partial charge on any atom is -0.453 e. The van der Waals surface area contributed by atoms with Gasteiger partial charge in [-0.2, -0.15) is 0 Å². The summed E-state index contributed by atoms with van der Waals surface area (Å²) in [4.78, 5) is 38.9. The third kappa shape index (κ3) is 5.52. The lowest BCUT2D eigenvalue weighted by molar-refractivity contribution is -0.384. The normalized spacial score (nSPS) is 11.8. The van der Waals surface area contributed by atoms with Crippen molar-refractivity contribution in [2.45, 2.75) is 32.3 Å². The Labute approximate surface area is 181 Å². The highest BCUT2D eigenvalue weighted by Gasteiger charge is 2.19. The van der Waals surface area contributed by atoms with Crippen molar-refractivity contribution in [2.24, 2.45) is 0 Å². The zero-order valence-corrected chi connectivity index (χ0v) is 17.5. The van der Waals surface area contributed by atoms with Gasteiger partial charge in [-0.1, -0.05) is 23.7 Å². The molecule has 10 heteroatoms. The highest BCUT2D eigenvalue weighted by atomic mass is 35.5. The van der Waals surface area contributed by atoms with Crippen molar-refractivity contribution in [3.63, 3.8) is 0 Å². The average Bonchev–Trinajstić information content (AvgIpc) is 3.12. The third-order valence-corrected chi connectivity index (χ3v) is 5.62. The van der Waals surface area contributed by atoms with E-state index in [4.69, 9.17) is 16.3 Å². The van der Waals surface area contributed by atoms with E-state index in [0.29, 0.717) is 12.8 Å². The monoisotopic (exact) mass is 447 g/mol. The number of amides is 1. The number of benzene rings is 2. The number of nitrogens with one attached hydrogen (secondary N) is 1. The Morgan fingerprint density at radius 1 is 1.30 bits per heavy atom. The number of nitrogens with zero attached hydrogens (tertiary/aromatic N) is 2. The van der Waals surface area contributed by atoms with E-state index in [1.807, 2.05) is 24.3 Å². The molecule has 1 unspecified atom stereocenters. The maximum atomic E-state index is 12.2. The van der Waals surface area contributed by atoms with Crippen LogP contribution in [0.25, 0.3) is 10.2 Å². The molecule has 0 radical (unpaired) electrons. The smallest absolute Gasteiger partial charge is 0.306 e. The maximum absolute atomic E-state index is 12.2. The molecule has 0 aliphatic carbocycles. The van der Waals surface area contributed by atoms with Crippen LogP contribution in [0, 0.1) is 10.1 Å². The van der Waals surface area contributed by atoms with Gasteiger partial charge in [0.05, 0.1) is 30.9 Å². The molecule has 1 amide bonds. The molecule has 1 aromatic heterocycles. The Morgan fingerprint density at radius 3 is 2.77 bits per heavy atom. The fourth-order valence-corrected chi connectivity index (χ4v) is 3.90. The first-order chi connectivity index (χ1) is 14.3. The number of hydrogen-bond acceptors (Lipinski definition) is 7. The first kappa shape index (κ1) is 21.7. The van der Waals surface area contributed by atoms with Crippen LogP contribution in [0.4, 0.5) is 11.4 Å². The summed E-state index contributed by atoms with van der Waals surface area (Å²) in [5.74, 6) is -1.07. The third-order valence-electron chi connectivity index (χ3n) is 4.21. The molecule has 1 heterocycles. The maximum Gasteiger partial charge on any atom is 0.306 e. The second kappa shape index (κ2) is 9.64. The van der Waals surface area contributed by atoms with E-state index in [2.05, 4.69) is 10.3 Å². The van der Waals surface area contributed by atoms with Gasteiger partial charge in [-0.25, -0.2) is 4.98 Å². The van der Waals surface area contributed by atoms with Gasteiger partial charge in [-0.15, -0.1) is 11.3 Å². The largest absolute Gasteiger partial charge is 0.453 e. The van der Waals surface area contributed by atoms with Crippen LogP contribution in [0.15, 0.2) is 42.5 Å². The fraction of sp³-hybridized carbons (Fsp3) is 0.250. The van der Waals surface area contributed by atoms with E-state index in [9.17, 15) is 19.7 Å². The number of aromatic nitrogens is 1. The Kier molecular flexibility index (Phi) is 6.96. The number of thiazole rings is 1. The van der Waals surface area contributed by atoms with Crippen molar-refractivity contribution < 1.29 is 19.2 Å². The number of para-hydroxylation sites is 1. The molecule has 3 rings (SSSR count). The van der Waals surface area contributed by atoms with E-state index in [-0.39, 0.29) is 22.8 Å². The molecular formula is C20H18ClN3O5S. The van der Waals surface area contributed by atoms with Crippen LogP contribution in [0.1, 0.15) is 24.8 Å². The molecule has 0 saturated carbocycles. The molecule has 0 aliphatic rings. The predicted octanol–water partition coefficient (Wildman–Crippen LogP) is 4.75. The summed E-state index contributed by atoms with van der Waals surface area (Å²) in [7, 11) is 0. The number of carbonyl (C=O) groups is 2. The first-order valence-electron chi connectivity index (χ1n) is 9.12. The van der Waals surface area contributed by atoms with Crippen molar-refractivity contribution in [1.29, 1.82) is 0 Å². The lowest BCUT2D eigenvalue weighted by Gasteiger charge is -2.14. The van der Waals surface area contributed by atoms with Gasteiger partial charge < -0.3 is 10.1 Å². The summed E-state index contributed by atoms with van der Waals surface area (Å²) in [6, 6.07) is 11.5. The molecule has 0 aliphatic heterocycles. The Balaban J connectivity index is 1.46. The van der Waals surface area contributed by atoms with Gasteiger partial charge >= 0.3 is 5.97 Å². The van der Waals surface area contributed by atoms with Crippen LogP contribution in [-0.2, 0) is 20.7 Å². The summed E-state index contributed by atoms with van der Waals surface area (Å²) < 4.78 is 6.27. The molecule has 30 heavy (non-hydrogen) atoms. The van der Waals surface area contributed by atoms with Crippen molar-refractivity contribution in [1.82, 2.24) is 4.98 Å². The number of hydrogen-bond donors (Lipinski definition) is 1. The zero-order chi connectivity index (χ0) is 21.7. The molecule has 1 atom stereocenters.